The molecule has 5 nitrogen and oxygen atoms in total. The van der Waals surface area contributed by atoms with E-state index in [4.69, 9.17) is 0 Å². The van der Waals surface area contributed by atoms with Crippen molar-refractivity contribution in [2.24, 2.45) is 0 Å². The molecule has 0 bridgehead atoms. The van der Waals surface area contributed by atoms with Crippen LogP contribution in [0.5, 0.6) is 0 Å². The second kappa shape index (κ2) is 9.39. The fraction of sp³-hybridized carbons (Fsp3) is 0.115. The van der Waals surface area contributed by atoms with Crippen LogP contribution in [-0.2, 0) is 0 Å². The Morgan fingerprint density at radius 1 is 0.844 bits per heavy atom. The summed E-state index contributed by atoms with van der Waals surface area (Å²) in [5, 5.41) is 6.01. The minimum Gasteiger partial charge on any atom is -0.324 e. The van der Waals surface area contributed by atoms with Crippen molar-refractivity contribution < 1.29 is 9.18 Å². The van der Waals surface area contributed by atoms with Gasteiger partial charge in [0.15, 0.2) is 0 Å². The molecule has 2 N–H and O–H groups in total. The fourth-order valence-corrected chi connectivity index (χ4v) is 3.23. The molecule has 0 aliphatic carbocycles. The average molecular weight is 426 g/mol. The maximum Gasteiger partial charge on any atom is 0.255 e. The zero-order valence-electron chi connectivity index (χ0n) is 17.8. The molecule has 0 radical (unpaired) electrons. The molecule has 1 heterocycles. The van der Waals surface area contributed by atoms with Gasteiger partial charge in [0.1, 0.15) is 5.82 Å². The van der Waals surface area contributed by atoms with E-state index in [1.807, 2.05) is 30.3 Å². The zero-order valence-corrected chi connectivity index (χ0v) is 17.8. The number of carbonyl (C=O) groups is 1. The molecule has 0 unspecified atom stereocenters. The number of rotatable bonds is 6. The lowest BCUT2D eigenvalue weighted by Crippen LogP contribution is -2.12. The highest BCUT2D eigenvalue weighted by Crippen LogP contribution is 2.21. The van der Waals surface area contributed by atoms with Gasteiger partial charge in [0.05, 0.1) is 0 Å². The quantitative estimate of drug-likeness (QED) is 0.374. The first kappa shape index (κ1) is 21.2. The van der Waals surface area contributed by atoms with Crippen molar-refractivity contribution in [1.82, 2.24) is 9.97 Å². The van der Waals surface area contributed by atoms with E-state index in [2.05, 4.69) is 34.4 Å². The Morgan fingerprint density at radius 2 is 1.56 bits per heavy atom. The third-order valence-electron chi connectivity index (χ3n) is 5.03. The molecule has 4 rings (SSSR count). The molecular weight excluding hydrogens is 403 g/mol. The zero-order chi connectivity index (χ0) is 22.5. The van der Waals surface area contributed by atoms with Gasteiger partial charge in [-0.3, -0.25) is 4.79 Å². The Balaban J connectivity index is 1.44. The molecule has 3 aromatic carbocycles. The molecule has 32 heavy (non-hydrogen) atoms. The standard InChI is InChI=1S/C26H23FN4O/c1-17(2)18-9-11-23(12-10-18)30-25(32)20-6-4-8-24(14-20)31-26-28-15-21(16-29-26)19-5-3-7-22(27)13-19/h3-17H,1-2H3,(H,30,32)(H,28,29,31). The summed E-state index contributed by atoms with van der Waals surface area (Å²) in [6, 6.07) is 21.2. The number of amides is 1. The summed E-state index contributed by atoms with van der Waals surface area (Å²) in [7, 11) is 0. The van der Waals surface area contributed by atoms with E-state index >= 15 is 0 Å². The smallest absolute Gasteiger partial charge is 0.255 e. The molecule has 160 valence electrons. The van der Waals surface area contributed by atoms with Crippen molar-refractivity contribution in [2.45, 2.75) is 19.8 Å². The number of aromatic nitrogens is 2. The molecule has 0 atom stereocenters. The Hall–Kier alpha value is -4.06. The average Bonchev–Trinajstić information content (AvgIpc) is 2.80. The van der Waals surface area contributed by atoms with Crippen LogP contribution in [0.3, 0.4) is 0 Å². The molecule has 0 fully saturated rings. The van der Waals surface area contributed by atoms with E-state index < -0.39 is 0 Å². The van der Waals surface area contributed by atoms with Crippen molar-refractivity contribution in [3.8, 4) is 11.1 Å². The summed E-state index contributed by atoms with van der Waals surface area (Å²) in [6.45, 7) is 4.26. The van der Waals surface area contributed by atoms with Gasteiger partial charge < -0.3 is 10.6 Å². The van der Waals surface area contributed by atoms with E-state index in [0.29, 0.717) is 34.2 Å². The first-order valence-electron chi connectivity index (χ1n) is 10.3. The Bertz CT molecular complexity index is 1220. The van der Waals surface area contributed by atoms with Gasteiger partial charge in [-0.1, -0.05) is 44.2 Å². The van der Waals surface area contributed by atoms with Crippen LogP contribution in [0.2, 0.25) is 0 Å². The normalized spacial score (nSPS) is 10.8. The van der Waals surface area contributed by atoms with E-state index in [0.717, 1.165) is 5.69 Å². The second-order valence-corrected chi connectivity index (χ2v) is 7.74. The van der Waals surface area contributed by atoms with Crippen LogP contribution in [0.4, 0.5) is 21.7 Å². The molecule has 0 saturated carbocycles. The van der Waals surface area contributed by atoms with Crippen LogP contribution in [0.1, 0.15) is 35.7 Å². The van der Waals surface area contributed by atoms with E-state index in [1.165, 1.54) is 17.7 Å². The minimum absolute atomic E-state index is 0.201. The number of hydrogen-bond acceptors (Lipinski definition) is 4. The molecule has 6 heteroatoms. The maximum atomic E-state index is 13.4. The summed E-state index contributed by atoms with van der Waals surface area (Å²) in [5.74, 6) is 0.309. The predicted octanol–water partition coefficient (Wildman–Crippen LogP) is 6.40. The van der Waals surface area contributed by atoms with Gasteiger partial charge >= 0.3 is 0 Å². The van der Waals surface area contributed by atoms with Crippen LogP contribution in [-0.4, -0.2) is 15.9 Å². The van der Waals surface area contributed by atoms with Gasteiger partial charge in [-0.15, -0.1) is 0 Å². The number of hydrogen-bond donors (Lipinski definition) is 2. The van der Waals surface area contributed by atoms with Gasteiger partial charge in [0, 0.05) is 34.9 Å². The molecular formula is C26H23FN4O. The first-order valence-corrected chi connectivity index (χ1v) is 10.3. The SMILES string of the molecule is CC(C)c1ccc(NC(=O)c2cccc(Nc3ncc(-c4cccc(F)c4)cn3)c2)cc1. The summed E-state index contributed by atoms with van der Waals surface area (Å²) < 4.78 is 13.4. The van der Waals surface area contributed by atoms with Gasteiger partial charge in [-0.05, 0) is 59.5 Å². The minimum atomic E-state index is -0.310. The lowest BCUT2D eigenvalue weighted by atomic mass is 10.0. The molecule has 4 aromatic rings. The summed E-state index contributed by atoms with van der Waals surface area (Å²) in [5.41, 5.74) is 4.58. The Kier molecular flexibility index (Phi) is 6.22. The Labute approximate surface area is 186 Å². The van der Waals surface area contributed by atoms with E-state index in [-0.39, 0.29) is 11.7 Å². The van der Waals surface area contributed by atoms with Crippen LogP contribution in [0, 0.1) is 5.82 Å². The van der Waals surface area contributed by atoms with Gasteiger partial charge in [0.25, 0.3) is 5.91 Å². The number of halogens is 1. The van der Waals surface area contributed by atoms with Crippen LogP contribution in [0.15, 0.2) is 85.2 Å². The highest BCUT2D eigenvalue weighted by atomic mass is 19.1. The van der Waals surface area contributed by atoms with Crippen molar-refractivity contribution >= 4 is 23.2 Å². The number of anilines is 3. The summed E-state index contributed by atoms with van der Waals surface area (Å²) in [6.07, 6.45) is 3.25. The molecule has 0 saturated heterocycles. The molecule has 0 aliphatic heterocycles. The highest BCUT2D eigenvalue weighted by Gasteiger charge is 2.09. The van der Waals surface area contributed by atoms with Gasteiger partial charge in [-0.2, -0.15) is 0 Å². The fourth-order valence-electron chi connectivity index (χ4n) is 3.23. The molecule has 1 aromatic heterocycles. The number of benzene rings is 3. The molecule has 1 amide bonds. The van der Waals surface area contributed by atoms with E-state index in [9.17, 15) is 9.18 Å². The van der Waals surface area contributed by atoms with Crippen molar-refractivity contribution in [1.29, 1.82) is 0 Å². The topological polar surface area (TPSA) is 66.9 Å². The van der Waals surface area contributed by atoms with E-state index in [1.54, 1.807) is 42.7 Å². The maximum absolute atomic E-state index is 13.4. The Morgan fingerprint density at radius 3 is 2.25 bits per heavy atom. The summed E-state index contributed by atoms with van der Waals surface area (Å²) >= 11 is 0. The lowest BCUT2D eigenvalue weighted by Gasteiger charge is -2.10. The number of nitrogens with one attached hydrogen (secondary N) is 2. The predicted molar refractivity (Wildman–Crippen MR) is 126 cm³/mol. The first-order chi connectivity index (χ1) is 15.5. The molecule has 0 aliphatic rings. The number of nitrogens with zero attached hydrogens (tertiary/aromatic N) is 2. The number of carbonyl (C=O) groups excluding carboxylic acids is 1. The highest BCUT2D eigenvalue weighted by molar-refractivity contribution is 6.04. The van der Waals surface area contributed by atoms with Crippen LogP contribution >= 0.6 is 0 Å². The lowest BCUT2D eigenvalue weighted by molar-refractivity contribution is 0.102. The van der Waals surface area contributed by atoms with Crippen LogP contribution < -0.4 is 10.6 Å². The third-order valence-corrected chi connectivity index (χ3v) is 5.03. The van der Waals surface area contributed by atoms with Crippen molar-refractivity contribution in [3.63, 3.8) is 0 Å². The largest absolute Gasteiger partial charge is 0.324 e. The molecule has 0 spiro atoms. The van der Waals surface area contributed by atoms with Crippen LogP contribution in [0.25, 0.3) is 11.1 Å². The summed E-state index contributed by atoms with van der Waals surface area (Å²) in [4.78, 5) is 21.3. The monoisotopic (exact) mass is 426 g/mol. The van der Waals surface area contributed by atoms with Gasteiger partial charge in [-0.25, -0.2) is 14.4 Å². The second-order valence-electron chi connectivity index (χ2n) is 7.74. The van der Waals surface area contributed by atoms with Gasteiger partial charge in [0.2, 0.25) is 5.95 Å². The van der Waals surface area contributed by atoms with Crippen molar-refractivity contribution in [2.75, 3.05) is 10.6 Å². The van der Waals surface area contributed by atoms with Crippen molar-refractivity contribution in [3.05, 3.63) is 102 Å². The third kappa shape index (κ3) is 5.16.